The molecule has 0 radical (unpaired) electrons. The Kier molecular flexibility index (Phi) is 3.29. The van der Waals surface area contributed by atoms with Gasteiger partial charge in [0.15, 0.2) is 5.78 Å². The highest BCUT2D eigenvalue weighted by Gasteiger charge is 2.19. The lowest BCUT2D eigenvalue weighted by Gasteiger charge is -2.14. The molecule has 0 fully saturated rings. The quantitative estimate of drug-likeness (QED) is 0.857. The predicted molar refractivity (Wildman–Crippen MR) is 77.0 cm³/mol. The van der Waals surface area contributed by atoms with Gasteiger partial charge in [-0.2, -0.15) is 0 Å². The standard InChI is InChI=1S/C16H14N2O2/c1-11-2-4-13(5-3-11)20-10-12-8-16(19)14-6-7-17-9-15(14)18-12/h2-7,9H,8,10H2,1H3. The van der Waals surface area contributed by atoms with Crippen LogP contribution in [0.4, 0.5) is 5.69 Å². The van der Waals surface area contributed by atoms with Crippen molar-refractivity contribution in [2.75, 3.05) is 6.61 Å². The van der Waals surface area contributed by atoms with Gasteiger partial charge in [0.1, 0.15) is 12.4 Å². The first-order valence-corrected chi connectivity index (χ1v) is 6.45. The van der Waals surface area contributed by atoms with Crippen molar-refractivity contribution in [3.63, 3.8) is 0 Å². The van der Waals surface area contributed by atoms with E-state index in [1.54, 1.807) is 18.5 Å². The van der Waals surface area contributed by atoms with Crippen molar-refractivity contribution in [1.29, 1.82) is 0 Å². The van der Waals surface area contributed by atoms with Crippen LogP contribution in [0.5, 0.6) is 5.75 Å². The van der Waals surface area contributed by atoms with Crippen LogP contribution in [0.3, 0.4) is 0 Å². The summed E-state index contributed by atoms with van der Waals surface area (Å²) in [7, 11) is 0. The third-order valence-electron chi connectivity index (χ3n) is 3.17. The molecule has 0 saturated heterocycles. The molecule has 0 amide bonds. The smallest absolute Gasteiger partial charge is 0.170 e. The van der Waals surface area contributed by atoms with E-state index in [2.05, 4.69) is 9.98 Å². The SMILES string of the molecule is Cc1ccc(OCC2=Nc3cnccc3C(=O)C2)cc1. The van der Waals surface area contributed by atoms with Gasteiger partial charge in [-0.05, 0) is 25.1 Å². The van der Waals surface area contributed by atoms with Gasteiger partial charge in [-0.25, -0.2) is 0 Å². The highest BCUT2D eigenvalue weighted by molar-refractivity contribution is 6.16. The number of benzene rings is 1. The highest BCUT2D eigenvalue weighted by atomic mass is 16.5. The van der Waals surface area contributed by atoms with Gasteiger partial charge in [-0.1, -0.05) is 17.7 Å². The molecule has 0 saturated carbocycles. The van der Waals surface area contributed by atoms with E-state index in [4.69, 9.17) is 4.74 Å². The zero-order valence-electron chi connectivity index (χ0n) is 11.2. The second-order valence-corrected chi connectivity index (χ2v) is 4.77. The van der Waals surface area contributed by atoms with Crippen molar-refractivity contribution in [3.05, 3.63) is 53.9 Å². The number of pyridine rings is 1. The average molecular weight is 266 g/mol. The predicted octanol–water partition coefficient (Wildman–Crippen LogP) is 3.13. The fraction of sp³-hybridized carbons (Fsp3) is 0.188. The Labute approximate surface area is 117 Å². The summed E-state index contributed by atoms with van der Waals surface area (Å²) in [4.78, 5) is 20.4. The van der Waals surface area contributed by atoms with Crippen LogP contribution in [-0.2, 0) is 0 Å². The molecule has 0 aliphatic carbocycles. The number of aromatic nitrogens is 1. The molecule has 0 N–H and O–H groups in total. The molecule has 3 rings (SSSR count). The summed E-state index contributed by atoms with van der Waals surface area (Å²) in [5.74, 6) is 0.850. The number of aryl methyl sites for hydroxylation is 1. The Hall–Kier alpha value is -2.49. The van der Waals surface area contributed by atoms with Crippen molar-refractivity contribution in [3.8, 4) is 5.75 Å². The maximum atomic E-state index is 12.0. The van der Waals surface area contributed by atoms with E-state index < -0.39 is 0 Å². The molecule has 100 valence electrons. The number of nitrogens with zero attached hydrogens (tertiary/aromatic N) is 2. The normalized spacial score (nSPS) is 13.7. The summed E-state index contributed by atoms with van der Waals surface area (Å²) in [6, 6.07) is 9.51. The Morgan fingerprint density at radius 1 is 1.20 bits per heavy atom. The van der Waals surface area contributed by atoms with Crippen molar-refractivity contribution in [2.24, 2.45) is 4.99 Å². The van der Waals surface area contributed by atoms with Crippen molar-refractivity contribution in [2.45, 2.75) is 13.3 Å². The molecule has 20 heavy (non-hydrogen) atoms. The number of hydrogen-bond donors (Lipinski definition) is 0. The monoisotopic (exact) mass is 266 g/mol. The summed E-state index contributed by atoms with van der Waals surface area (Å²) in [6.45, 7) is 2.35. The van der Waals surface area contributed by atoms with Gasteiger partial charge in [-0.15, -0.1) is 0 Å². The number of rotatable bonds is 3. The maximum Gasteiger partial charge on any atom is 0.170 e. The first-order valence-electron chi connectivity index (χ1n) is 6.45. The molecule has 1 aliphatic heterocycles. The van der Waals surface area contributed by atoms with E-state index in [9.17, 15) is 4.79 Å². The summed E-state index contributed by atoms with van der Waals surface area (Å²) in [6.07, 6.45) is 3.53. The maximum absolute atomic E-state index is 12.0. The summed E-state index contributed by atoms with van der Waals surface area (Å²) < 4.78 is 5.66. The van der Waals surface area contributed by atoms with Crippen LogP contribution in [0.1, 0.15) is 22.3 Å². The number of ether oxygens (including phenoxy) is 1. The Morgan fingerprint density at radius 3 is 2.80 bits per heavy atom. The van der Waals surface area contributed by atoms with E-state index in [-0.39, 0.29) is 5.78 Å². The van der Waals surface area contributed by atoms with Gasteiger partial charge in [0.25, 0.3) is 0 Å². The molecule has 0 unspecified atom stereocenters. The number of carbonyl (C=O) groups is 1. The second kappa shape index (κ2) is 5.25. The molecule has 0 spiro atoms. The van der Waals surface area contributed by atoms with E-state index in [0.29, 0.717) is 24.3 Å². The van der Waals surface area contributed by atoms with Crippen LogP contribution < -0.4 is 4.74 Å². The number of fused-ring (bicyclic) bond motifs is 1. The van der Waals surface area contributed by atoms with Crippen molar-refractivity contribution < 1.29 is 9.53 Å². The zero-order chi connectivity index (χ0) is 13.9. The van der Waals surface area contributed by atoms with Gasteiger partial charge >= 0.3 is 0 Å². The number of Topliss-reactive ketones (excluding diaryl/α,β-unsaturated/α-hetero) is 1. The van der Waals surface area contributed by atoms with Crippen LogP contribution in [-0.4, -0.2) is 23.1 Å². The molecule has 2 heterocycles. The van der Waals surface area contributed by atoms with Gasteiger partial charge < -0.3 is 4.74 Å². The van der Waals surface area contributed by atoms with E-state index in [1.807, 2.05) is 31.2 Å². The summed E-state index contributed by atoms with van der Waals surface area (Å²) in [5.41, 5.74) is 3.18. The average Bonchev–Trinajstić information content (AvgIpc) is 2.47. The molecular weight excluding hydrogens is 252 g/mol. The zero-order valence-corrected chi connectivity index (χ0v) is 11.2. The molecule has 0 bridgehead atoms. The first-order chi connectivity index (χ1) is 9.72. The lowest BCUT2D eigenvalue weighted by atomic mass is 10.0. The fourth-order valence-electron chi connectivity index (χ4n) is 2.09. The van der Waals surface area contributed by atoms with Crippen molar-refractivity contribution in [1.82, 2.24) is 4.98 Å². The van der Waals surface area contributed by atoms with Gasteiger partial charge in [0, 0.05) is 11.8 Å². The Morgan fingerprint density at radius 2 is 2.00 bits per heavy atom. The summed E-state index contributed by atoms with van der Waals surface area (Å²) >= 11 is 0. The van der Waals surface area contributed by atoms with Crippen molar-refractivity contribution >= 4 is 17.2 Å². The minimum Gasteiger partial charge on any atom is -0.488 e. The molecule has 1 aliphatic rings. The van der Waals surface area contributed by atoms with Gasteiger partial charge in [0.05, 0.1) is 24.0 Å². The molecule has 4 heteroatoms. The van der Waals surface area contributed by atoms with Crippen LogP contribution in [0.2, 0.25) is 0 Å². The molecule has 1 aromatic carbocycles. The topological polar surface area (TPSA) is 51.6 Å². The fourth-order valence-corrected chi connectivity index (χ4v) is 2.09. The minimum atomic E-state index is 0.0694. The second-order valence-electron chi connectivity index (χ2n) is 4.77. The molecule has 1 aromatic heterocycles. The van der Waals surface area contributed by atoms with Crippen LogP contribution in [0, 0.1) is 6.92 Å². The number of ketones is 1. The lowest BCUT2D eigenvalue weighted by molar-refractivity contribution is 0.0998. The van der Waals surface area contributed by atoms with Crippen LogP contribution in [0.25, 0.3) is 0 Å². The highest BCUT2D eigenvalue weighted by Crippen LogP contribution is 2.24. The van der Waals surface area contributed by atoms with E-state index in [1.165, 1.54) is 5.56 Å². The van der Waals surface area contributed by atoms with Crippen LogP contribution >= 0.6 is 0 Å². The summed E-state index contributed by atoms with van der Waals surface area (Å²) in [5, 5.41) is 0. The molecule has 2 aromatic rings. The number of hydrogen-bond acceptors (Lipinski definition) is 4. The minimum absolute atomic E-state index is 0.0694. The van der Waals surface area contributed by atoms with Crippen LogP contribution in [0.15, 0.2) is 47.7 Å². The first kappa shape index (κ1) is 12.5. The lowest BCUT2D eigenvalue weighted by Crippen LogP contribution is -2.19. The van der Waals surface area contributed by atoms with Gasteiger partial charge in [-0.3, -0.25) is 14.8 Å². The number of carbonyl (C=O) groups excluding carboxylic acids is 1. The largest absolute Gasteiger partial charge is 0.488 e. The van der Waals surface area contributed by atoms with E-state index >= 15 is 0 Å². The van der Waals surface area contributed by atoms with E-state index in [0.717, 1.165) is 11.5 Å². The molecular formula is C16H14N2O2. The molecule has 0 atom stereocenters. The number of aliphatic imine (C=N–C) groups is 1. The third kappa shape index (κ3) is 2.59. The Balaban J connectivity index is 1.74. The van der Waals surface area contributed by atoms with Gasteiger partial charge in [0.2, 0.25) is 0 Å². The Bertz CT molecular complexity index is 675. The third-order valence-corrected chi connectivity index (χ3v) is 3.17. The molecule has 4 nitrogen and oxygen atoms in total.